The van der Waals surface area contributed by atoms with Crippen molar-refractivity contribution in [2.45, 2.75) is 77.3 Å². The van der Waals surface area contributed by atoms with E-state index in [1.807, 2.05) is 34.6 Å². The number of hydrogen-bond donors (Lipinski definition) is 1. The molecule has 12 heteroatoms. The van der Waals surface area contributed by atoms with Gasteiger partial charge in [0.15, 0.2) is 22.2 Å². The highest BCUT2D eigenvalue weighted by atomic mass is 32.2. The Hall–Kier alpha value is -3.51. The smallest absolute Gasteiger partial charge is 0.295 e. The fourth-order valence-corrected chi connectivity index (χ4v) is 5.03. The average Bonchev–Trinajstić information content (AvgIpc) is 3.77. The minimum Gasteiger partial charge on any atom is -0.611 e. The number of aromatic nitrogens is 8. The SMILES string of the molecule is CC[C@H](C)n1c(=O)c(NCc2ncc([S+]([O-])CC)cn2)nc2c(C)nc(-c3c(C)ncnc3C3CC3)nc21. The standard InChI is InChI=1S/C26H31N9O2S/c1-6-14(3)35-25-21(16(5)32-23(34-25)20-15(4)30-13-31-22(20)17-8-9-17)33-24(26(35)36)29-12-19-27-10-18(11-28-19)38(37)7-2/h10-11,13-14,17H,6-9,12H2,1-5H3,(H,29,33)/t14-,38?/m0/s1. The minimum absolute atomic E-state index is 0.119. The summed E-state index contributed by atoms with van der Waals surface area (Å²) >= 11 is -1.12. The largest absolute Gasteiger partial charge is 0.611 e. The molecule has 1 aliphatic rings. The fourth-order valence-electron chi connectivity index (χ4n) is 4.36. The Morgan fingerprint density at radius 3 is 2.47 bits per heavy atom. The first-order valence-corrected chi connectivity index (χ1v) is 14.2. The Morgan fingerprint density at radius 2 is 1.82 bits per heavy atom. The van der Waals surface area contributed by atoms with Gasteiger partial charge in [-0.15, -0.1) is 0 Å². The van der Waals surface area contributed by atoms with Crippen LogP contribution in [0.25, 0.3) is 22.6 Å². The van der Waals surface area contributed by atoms with Crippen LogP contribution in [0, 0.1) is 13.8 Å². The van der Waals surface area contributed by atoms with Gasteiger partial charge < -0.3 is 9.87 Å². The number of aryl methyl sites for hydroxylation is 2. The van der Waals surface area contributed by atoms with Gasteiger partial charge in [-0.2, -0.15) is 0 Å². The molecule has 2 atom stereocenters. The number of anilines is 1. The number of nitrogens with one attached hydrogen (secondary N) is 1. The van der Waals surface area contributed by atoms with E-state index in [0.29, 0.717) is 45.1 Å². The Kier molecular flexibility index (Phi) is 7.35. The third-order valence-corrected chi connectivity index (χ3v) is 8.08. The van der Waals surface area contributed by atoms with E-state index in [-0.39, 0.29) is 24.0 Å². The minimum atomic E-state index is -1.12. The van der Waals surface area contributed by atoms with Crippen LogP contribution in [0.15, 0.2) is 28.4 Å². The third kappa shape index (κ3) is 4.97. The maximum absolute atomic E-state index is 13.7. The molecule has 0 radical (unpaired) electrons. The highest BCUT2D eigenvalue weighted by Crippen LogP contribution is 2.43. The molecule has 0 saturated heterocycles. The van der Waals surface area contributed by atoms with Crippen LogP contribution in [0.3, 0.4) is 0 Å². The summed E-state index contributed by atoms with van der Waals surface area (Å²) in [6, 6.07) is -0.119. The number of fused-ring (bicyclic) bond motifs is 1. The van der Waals surface area contributed by atoms with E-state index in [9.17, 15) is 9.35 Å². The summed E-state index contributed by atoms with van der Waals surface area (Å²) in [6.07, 6.45) is 7.62. The molecule has 5 rings (SSSR count). The van der Waals surface area contributed by atoms with Crippen molar-refractivity contribution in [2.75, 3.05) is 11.1 Å². The first-order valence-electron chi connectivity index (χ1n) is 12.9. The summed E-state index contributed by atoms with van der Waals surface area (Å²) in [5.74, 6) is 2.06. The number of hydrogen-bond acceptors (Lipinski definition) is 10. The molecule has 198 valence electrons. The number of rotatable bonds is 9. The van der Waals surface area contributed by atoms with Crippen molar-refractivity contribution in [1.29, 1.82) is 0 Å². The molecule has 38 heavy (non-hydrogen) atoms. The van der Waals surface area contributed by atoms with Gasteiger partial charge in [0, 0.05) is 12.0 Å². The molecule has 0 spiro atoms. The van der Waals surface area contributed by atoms with Crippen LogP contribution < -0.4 is 10.9 Å². The van der Waals surface area contributed by atoms with Crippen LogP contribution in [0.5, 0.6) is 0 Å². The second-order valence-corrected chi connectivity index (χ2v) is 11.3. The summed E-state index contributed by atoms with van der Waals surface area (Å²) in [6.45, 7) is 9.87. The van der Waals surface area contributed by atoms with E-state index in [4.69, 9.17) is 9.97 Å². The predicted octanol–water partition coefficient (Wildman–Crippen LogP) is 3.64. The molecule has 0 aliphatic heterocycles. The highest BCUT2D eigenvalue weighted by molar-refractivity contribution is 7.91. The van der Waals surface area contributed by atoms with Gasteiger partial charge in [-0.25, -0.2) is 34.9 Å². The Labute approximate surface area is 223 Å². The first kappa shape index (κ1) is 26.1. The van der Waals surface area contributed by atoms with Crippen molar-refractivity contribution >= 4 is 28.2 Å². The maximum atomic E-state index is 13.7. The lowest BCUT2D eigenvalue weighted by atomic mass is 10.1. The summed E-state index contributed by atoms with van der Waals surface area (Å²) in [5, 5.41) is 3.10. The van der Waals surface area contributed by atoms with Crippen LogP contribution in [0.4, 0.5) is 5.82 Å². The predicted molar refractivity (Wildman–Crippen MR) is 145 cm³/mol. The van der Waals surface area contributed by atoms with Gasteiger partial charge in [-0.1, -0.05) is 6.92 Å². The van der Waals surface area contributed by atoms with E-state index in [2.05, 4.69) is 30.2 Å². The monoisotopic (exact) mass is 533 g/mol. The Balaban J connectivity index is 1.57. The molecule has 1 unspecified atom stereocenters. The lowest BCUT2D eigenvalue weighted by molar-refractivity contribution is 0.526. The van der Waals surface area contributed by atoms with E-state index in [0.717, 1.165) is 36.2 Å². The molecule has 4 aromatic rings. The second-order valence-electron chi connectivity index (χ2n) is 9.51. The van der Waals surface area contributed by atoms with E-state index in [1.54, 1.807) is 23.3 Å². The van der Waals surface area contributed by atoms with Gasteiger partial charge in [-0.05, 0) is 58.1 Å². The molecule has 0 amide bonds. The van der Waals surface area contributed by atoms with Gasteiger partial charge in [0.25, 0.3) is 5.56 Å². The first-order chi connectivity index (χ1) is 18.3. The summed E-state index contributed by atoms with van der Waals surface area (Å²) in [4.78, 5) is 46.1. The maximum Gasteiger partial charge on any atom is 0.295 e. The van der Waals surface area contributed by atoms with Crippen LogP contribution in [-0.2, 0) is 17.7 Å². The van der Waals surface area contributed by atoms with Crippen molar-refractivity contribution in [2.24, 2.45) is 0 Å². The topological polar surface area (TPSA) is 147 Å². The molecule has 0 bridgehead atoms. The zero-order chi connectivity index (χ0) is 27.0. The van der Waals surface area contributed by atoms with Gasteiger partial charge in [0.05, 0.1) is 41.6 Å². The normalized spacial score (nSPS) is 15.0. The molecule has 0 aromatic carbocycles. The van der Waals surface area contributed by atoms with Gasteiger partial charge in [0.1, 0.15) is 23.4 Å². The quantitative estimate of drug-likeness (QED) is 0.316. The summed E-state index contributed by atoms with van der Waals surface area (Å²) in [5.41, 5.74) is 4.06. The van der Waals surface area contributed by atoms with E-state index in [1.165, 1.54) is 0 Å². The average molecular weight is 534 g/mol. The third-order valence-electron chi connectivity index (χ3n) is 6.82. The lowest BCUT2D eigenvalue weighted by Crippen LogP contribution is -2.29. The Morgan fingerprint density at radius 1 is 1.08 bits per heavy atom. The van der Waals surface area contributed by atoms with Crippen molar-refractivity contribution in [3.63, 3.8) is 0 Å². The van der Waals surface area contributed by atoms with Crippen LogP contribution >= 0.6 is 0 Å². The van der Waals surface area contributed by atoms with Crippen molar-refractivity contribution < 1.29 is 4.55 Å². The number of nitrogens with zero attached hydrogens (tertiary/aromatic N) is 8. The van der Waals surface area contributed by atoms with Gasteiger partial charge in [0.2, 0.25) is 0 Å². The van der Waals surface area contributed by atoms with E-state index >= 15 is 0 Å². The van der Waals surface area contributed by atoms with Crippen LogP contribution in [0.1, 0.15) is 74.9 Å². The van der Waals surface area contributed by atoms with Gasteiger partial charge in [-0.3, -0.25) is 9.36 Å². The van der Waals surface area contributed by atoms with Gasteiger partial charge >= 0.3 is 0 Å². The zero-order valence-electron chi connectivity index (χ0n) is 22.2. The highest BCUT2D eigenvalue weighted by Gasteiger charge is 2.30. The fraction of sp³-hybridized carbons (Fsp3) is 0.462. The molecule has 4 heterocycles. The Bertz CT molecular complexity index is 1540. The van der Waals surface area contributed by atoms with Crippen molar-refractivity contribution in [1.82, 2.24) is 39.5 Å². The zero-order valence-corrected chi connectivity index (χ0v) is 23.0. The lowest BCUT2D eigenvalue weighted by Gasteiger charge is -2.19. The van der Waals surface area contributed by atoms with Crippen LogP contribution in [0.2, 0.25) is 0 Å². The molecular formula is C26H31N9O2S. The van der Waals surface area contributed by atoms with Crippen LogP contribution in [-0.4, -0.2) is 49.8 Å². The molecule has 1 N–H and O–H groups in total. The molecule has 4 aromatic heterocycles. The summed E-state index contributed by atoms with van der Waals surface area (Å²) < 4.78 is 13.7. The molecule has 1 fully saturated rings. The molecule has 11 nitrogen and oxygen atoms in total. The van der Waals surface area contributed by atoms with Crippen molar-refractivity contribution in [3.8, 4) is 11.4 Å². The van der Waals surface area contributed by atoms with E-state index < -0.39 is 11.2 Å². The molecular weight excluding hydrogens is 502 g/mol. The van der Waals surface area contributed by atoms with Crippen molar-refractivity contribution in [3.05, 3.63) is 52.0 Å². The molecule has 1 aliphatic carbocycles. The summed E-state index contributed by atoms with van der Waals surface area (Å²) in [7, 11) is 0. The second kappa shape index (κ2) is 10.7. The molecule has 1 saturated carbocycles.